The highest BCUT2D eigenvalue weighted by molar-refractivity contribution is 7.24. The number of para-hydroxylation sites is 4. The maximum absolute atomic E-state index is 4.84. The molecule has 38 heavy (non-hydrogen) atoms. The van der Waals surface area contributed by atoms with Gasteiger partial charge in [-0.2, -0.15) is 0 Å². The van der Waals surface area contributed by atoms with E-state index in [1.54, 1.807) is 22.7 Å². The first-order valence-corrected chi connectivity index (χ1v) is 14.1. The summed E-state index contributed by atoms with van der Waals surface area (Å²) in [5.41, 5.74) is 11.6. The van der Waals surface area contributed by atoms with Crippen LogP contribution in [0.25, 0.3) is 74.7 Å². The second-order valence-corrected chi connectivity index (χ2v) is 11.6. The molecule has 6 heteroatoms. The van der Waals surface area contributed by atoms with Gasteiger partial charge in [-0.05, 0) is 76.9 Å². The van der Waals surface area contributed by atoms with Crippen molar-refractivity contribution in [2.75, 3.05) is 0 Å². The molecule has 0 aliphatic rings. The first kappa shape index (κ1) is 20.5. The summed E-state index contributed by atoms with van der Waals surface area (Å²) in [4.78, 5) is 11.8. The summed E-state index contributed by atoms with van der Waals surface area (Å²) >= 11 is 3.48. The van der Waals surface area contributed by atoms with Crippen molar-refractivity contribution < 1.29 is 0 Å². The van der Waals surface area contributed by atoms with Gasteiger partial charge in [0, 0.05) is 0 Å². The van der Waals surface area contributed by atoms with Crippen LogP contribution >= 0.6 is 22.7 Å². The third kappa shape index (κ3) is 2.84. The monoisotopic (exact) mass is 522 g/mol. The van der Waals surface area contributed by atoms with E-state index in [0.717, 1.165) is 32.0 Å². The molecule has 0 fully saturated rings. The van der Waals surface area contributed by atoms with Crippen LogP contribution in [0.4, 0.5) is 0 Å². The molecule has 0 N–H and O–H groups in total. The van der Waals surface area contributed by atoms with Crippen LogP contribution in [0.1, 0.15) is 0 Å². The minimum atomic E-state index is 1.04. The fourth-order valence-electron chi connectivity index (χ4n) is 5.60. The van der Waals surface area contributed by atoms with Gasteiger partial charge in [-0.15, -0.1) is 0 Å². The van der Waals surface area contributed by atoms with Gasteiger partial charge in [-0.25, -0.2) is 9.97 Å². The summed E-state index contributed by atoms with van der Waals surface area (Å²) in [6.45, 7) is 0. The SMILES string of the molecule is c1cc(-c2ccc3sc4nc5ccccc5n4c3c2)cc(-c2ccc3sc4nc5ccccc5n4c3c2)c1. The number of rotatable bonds is 2. The van der Waals surface area contributed by atoms with Gasteiger partial charge in [-0.1, -0.05) is 77.3 Å². The maximum Gasteiger partial charge on any atom is 0.195 e. The van der Waals surface area contributed by atoms with E-state index in [1.165, 1.54) is 42.7 Å². The third-order valence-corrected chi connectivity index (χ3v) is 9.43. The van der Waals surface area contributed by atoms with E-state index in [0.29, 0.717) is 0 Å². The Morgan fingerprint density at radius 3 is 1.42 bits per heavy atom. The molecule has 0 amide bonds. The van der Waals surface area contributed by atoms with Gasteiger partial charge in [0.15, 0.2) is 9.92 Å². The van der Waals surface area contributed by atoms with Crippen LogP contribution in [0.5, 0.6) is 0 Å². The molecule has 0 spiro atoms. The second-order valence-electron chi connectivity index (χ2n) is 9.59. The molecule has 9 aromatic rings. The summed E-state index contributed by atoms with van der Waals surface area (Å²) in [6.07, 6.45) is 0. The minimum absolute atomic E-state index is 1.04. The summed E-state index contributed by atoms with van der Waals surface area (Å²) < 4.78 is 7.07. The summed E-state index contributed by atoms with van der Waals surface area (Å²) in [5.74, 6) is 0. The lowest BCUT2D eigenvalue weighted by Gasteiger charge is -2.07. The van der Waals surface area contributed by atoms with E-state index in [4.69, 9.17) is 9.97 Å². The third-order valence-electron chi connectivity index (χ3n) is 7.39. The highest BCUT2D eigenvalue weighted by atomic mass is 32.1. The predicted molar refractivity (Wildman–Crippen MR) is 161 cm³/mol. The van der Waals surface area contributed by atoms with E-state index < -0.39 is 0 Å². The fraction of sp³-hybridized carbons (Fsp3) is 0. The van der Waals surface area contributed by atoms with Gasteiger partial charge in [0.25, 0.3) is 0 Å². The Morgan fingerprint density at radius 1 is 0.421 bits per heavy atom. The lowest BCUT2D eigenvalue weighted by molar-refractivity contribution is 1.34. The van der Waals surface area contributed by atoms with Crippen LogP contribution < -0.4 is 0 Å². The predicted octanol–water partition coefficient (Wildman–Crippen LogP) is 9.05. The van der Waals surface area contributed by atoms with Gasteiger partial charge in [0.2, 0.25) is 0 Å². The normalized spacial score (nSPS) is 12.2. The van der Waals surface area contributed by atoms with Gasteiger partial charge in [-0.3, -0.25) is 8.80 Å². The second kappa shape index (κ2) is 7.51. The van der Waals surface area contributed by atoms with Gasteiger partial charge in [0.1, 0.15) is 0 Å². The number of hydrogen-bond acceptors (Lipinski definition) is 4. The van der Waals surface area contributed by atoms with Crippen molar-refractivity contribution in [2.24, 2.45) is 0 Å². The molecule has 4 aromatic heterocycles. The Kier molecular flexibility index (Phi) is 4.06. The van der Waals surface area contributed by atoms with Crippen LogP contribution in [0, 0.1) is 0 Å². The van der Waals surface area contributed by atoms with Gasteiger partial charge < -0.3 is 0 Å². The molecular formula is C32H18N4S2. The van der Waals surface area contributed by atoms with E-state index in [9.17, 15) is 0 Å². The molecule has 9 rings (SSSR count). The number of thiazole rings is 2. The largest absolute Gasteiger partial charge is 0.283 e. The zero-order chi connectivity index (χ0) is 24.8. The number of nitrogens with zero attached hydrogens (tertiary/aromatic N) is 4. The van der Waals surface area contributed by atoms with E-state index in [1.807, 2.05) is 12.1 Å². The highest BCUT2D eigenvalue weighted by Gasteiger charge is 2.14. The van der Waals surface area contributed by atoms with Crippen molar-refractivity contribution >= 4 is 75.1 Å². The number of aromatic nitrogens is 4. The Hall–Kier alpha value is -4.52. The van der Waals surface area contributed by atoms with E-state index in [2.05, 4.69) is 106 Å². The molecule has 0 saturated heterocycles. The standard InChI is InChI=1S/C32H18N4S2/c1-3-10-25-23(8-1)33-31-35(25)27-17-21(12-14-29(27)37-31)19-6-5-7-20(16-19)22-13-15-30-28(18-22)36-26-11-4-2-9-24(26)34-32(36)38-30/h1-18H. The van der Waals surface area contributed by atoms with Crippen LogP contribution in [0.2, 0.25) is 0 Å². The first-order chi connectivity index (χ1) is 18.8. The molecule has 4 nitrogen and oxygen atoms in total. The molecule has 0 aliphatic heterocycles. The maximum atomic E-state index is 4.84. The minimum Gasteiger partial charge on any atom is -0.283 e. The zero-order valence-corrected chi connectivity index (χ0v) is 21.6. The average molecular weight is 523 g/mol. The molecule has 178 valence electrons. The molecular weight excluding hydrogens is 505 g/mol. The first-order valence-electron chi connectivity index (χ1n) is 12.5. The molecule has 0 bridgehead atoms. The van der Waals surface area contributed by atoms with E-state index in [-0.39, 0.29) is 0 Å². The number of benzene rings is 5. The summed E-state index contributed by atoms with van der Waals surface area (Å²) in [7, 11) is 0. The zero-order valence-electron chi connectivity index (χ0n) is 20.0. The molecule has 0 atom stereocenters. The van der Waals surface area contributed by atoms with Crippen LogP contribution in [-0.2, 0) is 0 Å². The van der Waals surface area contributed by atoms with Crippen LogP contribution in [0.3, 0.4) is 0 Å². The molecule has 0 aliphatic carbocycles. The van der Waals surface area contributed by atoms with E-state index >= 15 is 0 Å². The fourth-order valence-corrected chi connectivity index (χ4v) is 7.64. The molecule has 0 saturated carbocycles. The van der Waals surface area contributed by atoms with Crippen molar-refractivity contribution in [3.8, 4) is 22.3 Å². The number of fused-ring (bicyclic) bond motifs is 10. The van der Waals surface area contributed by atoms with Crippen molar-refractivity contribution in [3.63, 3.8) is 0 Å². The molecule has 0 radical (unpaired) electrons. The molecule has 0 unspecified atom stereocenters. The summed E-state index contributed by atoms with van der Waals surface area (Å²) in [6, 6.07) is 39.1. The molecule has 4 heterocycles. The Labute approximate surface area is 224 Å². The average Bonchev–Trinajstić information content (AvgIpc) is 3.69. The van der Waals surface area contributed by atoms with Crippen molar-refractivity contribution in [1.82, 2.24) is 18.8 Å². The number of imidazole rings is 2. The van der Waals surface area contributed by atoms with Crippen molar-refractivity contribution in [3.05, 3.63) is 109 Å². The van der Waals surface area contributed by atoms with Crippen molar-refractivity contribution in [1.29, 1.82) is 0 Å². The van der Waals surface area contributed by atoms with Gasteiger partial charge in [0.05, 0.1) is 42.5 Å². The lowest BCUT2D eigenvalue weighted by Crippen LogP contribution is -1.85. The van der Waals surface area contributed by atoms with Crippen LogP contribution in [-0.4, -0.2) is 18.8 Å². The Morgan fingerprint density at radius 2 is 0.895 bits per heavy atom. The highest BCUT2D eigenvalue weighted by Crippen LogP contribution is 2.36. The Balaban J connectivity index is 1.20. The quantitative estimate of drug-likeness (QED) is 0.227. The lowest BCUT2D eigenvalue weighted by atomic mass is 9.99. The Bertz CT molecular complexity index is 2200. The number of hydrogen-bond donors (Lipinski definition) is 0. The van der Waals surface area contributed by atoms with Gasteiger partial charge >= 0.3 is 0 Å². The van der Waals surface area contributed by atoms with Crippen molar-refractivity contribution in [2.45, 2.75) is 0 Å². The topological polar surface area (TPSA) is 34.6 Å². The molecule has 5 aromatic carbocycles. The van der Waals surface area contributed by atoms with Crippen LogP contribution in [0.15, 0.2) is 109 Å². The summed E-state index contributed by atoms with van der Waals surface area (Å²) in [5, 5.41) is 0. The smallest absolute Gasteiger partial charge is 0.195 e.